The van der Waals surface area contributed by atoms with Gasteiger partial charge in [0, 0.05) is 32.5 Å². The van der Waals surface area contributed by atoms with Crippen molar-refractivity contribution in [3.8, 4) is 0 Å². The average Bonchev–Trinajstić information content (AvgIpc) is 2.24. The summed E-state index contributed by atoms with van der Waals surface area (Å²) in [6.45, 7) is 3.49. The monoisotopic (exact) mass is 248 g/mol. The van der Waals surface area contributed by atoms with Crippen molar-refractivity contribution >= 4 is 13.4 Å². The van der Waals surface area contributed by atoms with Gasteiger partial charge in [0.05, 0.1) is 0 Å². The first-order valence-electron chi connectivity index (χ1n) is 5.81. The van der Waals surface area contributed by atoms with E-state index in [0.29, 0.717) is 13.0 Å². The van der Waals surface area contributed by atoms with Gasteiger partial charge in [-0.05, 0) is 25.7 Å². The van der Waals surface area contributed by atoms with E-state index in [0.717, 1.165) is 25.9 Å². The van der Waals surface area contributed by atoms with Crippen molar-refractivity contribution in [1.82, 2.24) is 10.2 Å². The number of amides is 2. The number of piperidine rings is 1. The molecule has 1 fully saturated rings. The highest BCUT2D eigenvalue weighted by atomic mass is 31.2. The normalized spacial score (nSPS) is 20.2. The molecule has 1 rings (SSSR count). The molecule has 5 nitrogen and oxygen atoms in total. The minimum Gasteiger partial charge on any atom is -0.344 e. The molecule has 0 aromatic heterocycles. The van der Waals surface area contributed by atoms with Gasteiger partial charge in [0.1, 0.15) is 0 Å². The number of carbonyl (C=O) groups is 1. The second-order valence-corrected chi connectivity index (χ2v) is 6.96. The summed E-state index contributed by atoms with van der Waals surface area (Å²) in [6, 6.07) is -0.0384. The molecular weight excluding hydrogens is 227 g/mol. The third-order valence-corrected chi connectivity index (χ3v) is 3.82. The van der Waals surface area contributed by atoms with Crippen LogP contribution >= 0.6 is 7.37 Å². The Kier molecular flexibility index (Phi) is 5.29. The maximum absolute atomic E-state index is 11.6. The summed E-state index contributed by atoms with van der Waals surface area (Å²) < 4.78 is 11.0. The predicted octanol–water partition coefficient (Wildman–Crippen LogP) is 1.47. The maximum atomic E-state index is 11.6. The average molecular weight is 248 g/mol. The number of carbonyl (C=O) groups excluding carboxylic acids is 1. The molecule has 0 aliphatic carbocycles. The Morgan fingerprint density at radius 1 is 1.38 bits per heavy atom. The summed E-state index contributed by atoms with van der Waals surface area (Å²) in [7, 11) is -2.92. The molecule has 2 amide bonds. The molecule has 1 heterocycles. The molecule has 1 atom stereocenters. The van der Waals surface area contributed by atoms with Crippen molar-refractivity contribution in [2.24, 2.45) is 0 Å². The van der Waals surface area contributed by atoms with Gasteiger partial charge < -0.3 is 15.1 Å². The van der Waals surface area contributed by atoms with Crippen LogP contribution in [0.5, 0.6) is 0 Å². The number of urea groups is 1. The summed E-state index contributed by atoms with van der Waals surface area (Å²) in [5.41, 5.74) is 0. The molecule has 0 saturated carbocycles. The van der Waals surface area contributed by atoms with Crippen LogP contribution in [0.15, 0.2) is 0 Å². The summed E-state index contributed by atoms with van der Waals surface area (Å²) in [5.74, 6) is 0. The second-order valence-electron chi connectivity index (χ2n) is 4.41. The second kappa shape index (κ2) is 6.26. The maximum Gasteiger partial charge on any atom is 0.317 e. The van der Waals surface area contributed by atoms with Crippen molar-refractivity contribution in [3.63, 3.8) is 0 Å². The predicted molar refractivity (Wildman–Crippen MR) is 64.1 cm³/mol. The van der Waals surface area contributed by atoms with Gasteiger partial charge >= 0.3 is 6.03 Å². The summed E-state index contributed by atoms with van der Waals surface area (Å²) in [6.07, 6.45) is 4.19. The number of nitrogens with zero attached hydrogens (tertiary/aromatic N) is 1. The van der Waals surface area contributed by atoms with E-state index in [1.54, 1.807) is 0 Å². The largest absolute Gasteiger partial charge is 0.344 e. The number of likely N-dealkylation sites (tertiary alicyclic amines) is 1. The molecular formula is C10H21N2O3P. The molecule has 1 unspecified atom stereocenters. The van der Waals surface area contributed by atoms with Crippen LogP contribution in [-0.4, -0.2) is 48.3 Å². The molecule has 0 radical (unpaired) electrons. The molecule has 0 aromatic carbocycles. The topological polar surface area (TPSA) is 69.6 Å². The quantitative estimate of drug-likeness (QED) is 0.584. The van der Waals surface area contributed by atoms with Crippen molar-refractivity contribution < 1.29 is 14.3 Å². The molecule has 1 aliphatic heterocycles. The lowest BCUT2D eigenvalue weighted by atomic mass is 10.1. The molecule has 6 heteroatoms. The molecule has 94 valence electrons. The van der Waals surface area contributed by atoms with Crippen molar-refractivity contribution in [3.05, 3.63) is 0 Å². The van der Waals surface area contributed by atoms with E-state index in [4.69, 9.17) is 4.89 Å². The van der Waals surface area contributed by atoms with E-state index in [1.807, 2.05) is 4.90 Å². The third kappa shape index (κ3) is 5.52. The number of hydrogen-bond donors (Lipinski definition) is 2. The van der Waals surface area contributed by atoms with Gasteiger partial charge in [-0.25, -0.2) is 4.79 Å². The van der Waals surface area contributed by atoms with E-state index >= 15 is 0 Å². The zero-order valence-electron chi connectivity index (χ0n) is 9.81. The molecule has 0 spiro atoms. The highest BCUT2D eigenvalue weighted by Crippen LogP contribution is 2.35. The van der Waals surface area contributed by atoms with E-state index < -0.39 is 7.37 Å². The molecule has 2 N–H and O–H groups in total. The minimum atomic E-state index is -2.92. The van der Waals surface area contributed by atoms with Crippen LogP contribution in [0.1, 0.15) is 25.7 Å². The van der Waals surface area contributed by atoms with E-state index in [2.05, 4.69) is 5.32 Å². The number of hydrogen-bond acceptors (Lipinski definition) is 2. The van der Waals surface area contributed by atoms with E-state index in [-0.39, 0.29) is 12.2 Å². The Hall–Kier alpha value is -0.540. The zero-order valence-corrected chi connectivity index (χ0v) is 10.7. The van der Waals surface area contributed by atoms with Crippen LogP contribution in [0, 0.1) is 0 Å². The van der Waals surface area contributed by atoms with E-state index in [9.17, 15) is 9.36 Å². The van der Waals surface area contributed by atoms with Crippen LogP contribution in [0.4, 0.5) is 4.79 Å². The van der Waals surface area contributed by atoms with Crippen LogP contribution in [-0.2, 0) is 4.57 Å². The Morgan fingerprint density at radius 3 is 2.56 bits per heavy atom. The Bertz CT molecular complexity index is 271. The lowest BCUT2D eigenvalue weighted by molar-refractivity contribution is 0.186. The molecule has 0 bridgehead atoms. The first-order valence-corrected chi connectivity index (χ1v) is 8.10. The summed E-state index contributed by atoms with van der Waals surface area (Å²) in [4.78, 5) is 22.5. The molecule has 0 aromatic rings. The van der Waals surface area contributed by atoms with Gasteiger partial charge in [0.15, 0.2) is 7.37 Å². The van der Waals surface area contributed by atoms with Gasteiger partial charge in [0.25, 0.3) is 0 Å². The first-order chi connectivity index (χ1) is 7.49. The molecule has 1 aliphatic rings. The summed E-state index contributed by atoms with van der Waals surface area (Å²) >= 11 is 0. The zero-order chi connectivity index (χ0) is 12.0. The molecule has 1 saturated heterocycles. The lowest BCUT2D eigenvalue weighted by Crippen LogP contribution is -2.43. The van der Waals surface area contributed by atoms with E-state index in [1.165, 1.54) is 13.1 Å². The molecule has 16 heavy (non-hydrogen) atoms. The Morgan fingerprint density at radius 2 is 2.00 bits per heavy atom. The highest BCUT2D eigenvalue weighted by molar-refractivity contribution is 7.57. The lowest BCUT2D eigenvalue weighted by Gasteiger charge is -2.26. The van der Waals surface area contributed by atoms with Crippen LogP contribution in [0.3, 0.4) is 0 Å². The third-order valence-electron chi connectivity index (χ3n) is 2.67. The van der Waals surface area contributed by atoms with Crippen LogP contribution in [0.2, 0.25) is 0 Å². The Labute approximate surface area is 96.7 Å². The van der Waals surface area contributed by atoms with Crippen LogP contribution < -0.4 is 5.32 Å². The van der Waals surface area contributed by atoms with Gasteiger partial charge in [-0.2, -0.15) is 0 Å². The van der Waals surface area contributed by atoms with Gasteiger partial charge in [-0.15, -0.1) is 0 Å². The fraction of sp³-hybridized carbons (Fsp3) is 0.900. The highest BCUT2D eigenvalue weighted by Gasteiger charge is 2.16. The van der Waals surface area contributed by atoms with Gasteiger partial charge in [-0.3, -0.25) is 4.57 Å². The number of nitrogens with one attached hydrogen (secondary N) is 1. The Balaban J connectivity index is 2.12. The fourth-order valence-corrected chi connectivity index (χ4v) is 2.52. The smallest absolute Gasteiger partial charge is 0.317 e. The van der Waals surface area contributed by atoms with Crippen molar-refractivity contribution in [1.29, 1.82) is 0 Å². The summed E-state index contributed by atoms with van der Waals surface area (Å²) in [5, 5.41) is 2.78. The standard InChI is InChI=1S/C10H21N2O3P/c1-16(14,15)9-5-6-11-10(13)12-7-3-2-4-8-12/h2-9H2,1H3,(H,11,13)(H,14,15). The van der Waals surface area contributed by atoms with Crippen LogP contribution in [0.25, 0.3) is 0 Å². The van der Waals surface area contributed by atoms with Crippen molar-refractivity contribution in [2.75, 3.05) is 32.5 Å². The van der Waals surface area contributed by atoms with Crippen molar-refractivity contribution in [2.45, 2.75) is 25.7 Å². The first kappa shape index (κ1) is 13.5. The SMILES string of the molecule is CP(=O)(O)CCCNC(=O)N1CCCCC1. The van der Waals surface area contributed by atoms with Gasteiger partial charge in [0.2, 0.25) is 0 Å². The van der Waals surface area contributed by atoms with Gasteiger partial charge in [-0.1, -0.05) is 0 Å². The fourth-order valence-electron chi connectivity index (χ4n) is 1.78. The minimum absolute atomic E-state index is 0.0384. The number of rotatable bonds is 4.